The van der Waals surface area contributed by atoms with Gasteiger partial charge < -0.3 is 5.73 Å². The van der Waals surface area contributed by atoms with Crippen LogP contribution in [0.25, 0.3) is 11.1 Å². The molecule has 0 saturated carbocycles. The molecule has 0 radical (unpaired) electrons. The van der Waals surface area contributed by atoms with Gasteiger partial charge in [0.2, 0.25) is 0 Å². The van der Waals surface area contributed by atoms with E-state index in [1.165, 1.54) is 18.5 Å². The standard InChI is InChI=1S/C20H15F2N3/c1-13-9-18(21)19(22)11-17(13)16-6-4-2-3-5-15(16)14-7-8-24-20(10-14)25-12-23/h2-3,5-12H,1H3,(H2,23,24,25). The van der Waals surface area contributed by atoms with Crippen molar-refractivity contribution in [3.8, 4) is 0 Å². The number of rotatable bonds is 3. The van der Waals surface area contributed by atoms with E-state index < -0.39 is 11.6 Å². The van der Waals surface area contributed by atoms with E-state index in [1.54, 1.807) is 31.3 Å². The first-order chi connectivity index (χ1) is 12.1. The van der Waals surface area contributed by atoms with Gasteiger partial charge in [-0.15, -0.1) is 5.73 Å². The van der Waals surface area contributed by atoms with E-state index in [4.69, 9.17) is 5.73 Å². The first kappa shape index (κ1) is 16.6. The zero-order valence-corrected chi connectivity index (χ0v) is 13.5. The molecule has 0 saturated heterocycles. The first-order valence-electron chi connectivity index (χ1n) is 7.60. The molecule has 1 heterocycles. The number of hydrogen-bond acceptors (Lipinski definition) is 2. The molecule has 2 aromatic rings. The second-order valence-electron chi connectivity index (χ2n) is 5.43. The maximum absolute atomic E-state index is 13.8. The van der Waals surface area contributed by atoms with Crippen molar-refractivity contribution in [2.75, 3.05) is 0 Å². The van der Waals surface area contributed by atoms with Crippen LogP contribution in [0.2, 0.25) is 0 Å². The van der Waals surface area contributed by atoms with Gasteiger partial charge in [-0.2, -0.15) is 0 Å². The Morgan fingerprint density at radius 3 is 2.76 bits per heavy atom. The van der Waals surface area contributed by atoms with E-state index in [0.717, 1.165) is 16.7 Å². The molecule has 1 aliphatic rings. The zero-order chi connectivity index (χ0) is 17.8. The highest BCUT2D eigenvalue weighted by atomic mass is 19.2. The van der Waals surface area contributed by atoms with E-state index in [-0.39, 0.29) is 0 Å². The molecule has 0 amide bonds. The molecule has 124 valence electrons. The van der Waals surface area contributed by atoms with Crippen LogP contribution < -0.4 is 5.73 Å². The Labute approximate surface area is 144 Å². The second kappa shape index (κ2) is 7.07. The van der Waals surface area contributed by atoms with Gasteiger partial charge in [-0.3, -0.25) is 0 Å². The zero-order valence-electron chi connectivity index (χ0n) is 13.5. The van der Waals surface area contributed by atoms with Crippen LogP contribution in [0.4, 0.5) is 14.6 Å². The molecule has 0 fully saturated rings. The van der Waals surface area contributed by atoms with Crippen LogP contribution in [0.5, 0.6) is 0 Å². The van der Waals surface area contributed by atoms with Crippen molar-refractivity contribution >= 4 is 23.3 Å². The van der Waals surface area contributed by atoms with Crippen LogP contribution in [-0.4, -0.2) is 11.3 Å². The molecular weight excluding hydrogens is 320 g/mol. The molecule has 1 aromatic carbocycles. The maximum atomic E-state index is 13.8. The minimum atomic E-state index is -0.888. The average molecular weight is 335 g/mol. The van der Waals surface area contributed by atoms with Crippen LogP contribution >= 0.6 is 0 Å². The summed E-state index contributed by atoms with van der Waals surface area (Å²) >= 11 is 0. The number of aromatic nitrogens is 1. The molecule has 0 atom stereocenters. The Morgan fingerprint density at radius 1 is 1.16 bits per heavy atom. The van der Waals surface area contributed by atoms with Crippen LogP contribution in [0, 0.1) is 18.6 Å². The fourth-order valence-electron chi connectivity index (χ4n) is 2.64. The van der Waals surface area contributed by atoms with Gasteiger partial charge >= 0.3 is 0 Å². The maximum Gasteiger partial charge on any atom is 0.159 e. The second-order valence-corrected chi connectivity index (χ2v) is 5.43. The molecule has 0 bridgehead atoms. The molecule has 1 aliphatic carbocycles. The van der Waals surface area contributed by atoms with Gasteiger partial charge in [0.25, 0.3) is 0 Å². The van der Waals surface area contributed by atoms with Gasteiger partial charge in [-0.25, -0.2) is 18.8 Å². The van der Waals surface area contributed by atoms with Gasteiger partial charge in [0.15, 0.2) is 17.5 Å². The van der Waals surface area contributed by atoms with E-state index >= 15 is 0 Å². The monoisotopic (exact) mass is 335 g/mol. The minimum Gasteiger partial charge on any atom is -0.390 e. The molecular formula is C20H15F2N3. The Kier molecular flexibility index (Phi) is 4.68. The summed E-state index contributed by atoms with van der Waals surface area (Å²) in [6.07, 6.45) is 10.0. The molecule has 0 unspecified atom stereocenters. The lowest BCUT2D eigenvalue weighted by molar-refractivity contribution is 0.507. The average Bonchev–Trinajstić information content (AvgIpc) is 2.84. The van der Waals surface area contributed by atoms with Gasteiger partial charge in [0.05, 0.1) is 6.34 Å². The highest BCUT2D eigenvalue weighted by Crippen LogP contribution is 2.33. The third kappa shape index (κ3) is 3.47. The number of nitrogens with zero attached hydrogens (tertiary/aromatic N) is 2. The fraction of sp³-hybridized carbons (Fsp3) is 0.0500. The van der Waals surface area contributed by atoms with Crippen molar-refractivity contribution < 1.29 is 8.78 Å². The number of halogens is 2. The van der Waals surface area contributed by atoms with Crippen LogP contribution in [-0.2, 0) is 0 Å². The third-order valence-corrected chi connectivity index (χ3v) is 3.79. The Morgan fingerprint density at radius 2 is 1.96 bits per heavy atom. The first-order valence-corrected chi connectivity index (χ1v) is 7.60. The van der Waals surface area contributed by atoms with Crippen molar-refractivity contribution in [3.05, 3.63) is 88.8 Å². The number of allylic oxidation sites excluding steroid dienone is 5. The summed E-state index contributed by atoms with van der Waals surface area (Å²) in [4.78, 5) is 8.10. The highest BCUT2D eigenvalue weighted by molar-refractivity contribution is 6.00. The van der Waals surface area contributed by atoms with Crippen molar-refractivity contribution in [2.45, 2.75) is 6.92 Å². The van der Waals surface area contributed by atoms with Crippen molar-refractivity contribution in [1.29, 1.82) is 0 Å². The molecule has 0 spiro atoms. The lowest BCUT2D eigenvalue weighted by Gasteiger charge is -2.13. The number of pyridine rings is 1. The number of hydrogen-bond donors (Lipinski definition) is 1. The Bertz CT molecular complexity index is 978. The summed E-state index contributed by atoms with van der Waals surface area (Å²) in [6.45, 7) is 1.74. The predicted molar refractivity (Wildman–Crippen MR) is 96.3 cm³/mol. The van der Waals surface area contributed by atoms with Crippen molar-refractivity contribution in [1.82, 2.24) is 4.98 Å². The quantitative estimate of drug-likeness (QED) is 0.511. The minimum absolute atomic E-state index is 0.462. The van der Waals surface area contributed by atoms with Gasteiger partial charge in [-0.05, 0) is 71.2 Å². The lowest BCUT2D eigenvalue weighted by Crippen LogP contribution is -1.96. The SMILES string of the molecule is Cc1cc(F)c(F)cc1C1=C(c2ccnc(N=CN)c2)C=CC=C=C1. The summed E-state index contributed by atoms with van der Waals surface area (Å²) in [5.41, 5.74) is 12.0. The van der Waals surface area contributed by atoms with Crippen LogP contribution in [0.3, 0.4) is 0 Å². The highest BCUT2D eigenvalue weighted by Gasteiger charge is 2.14. The van der Waals surface area contributed by atoms with Crippen molar-refractivity contribution in [2.24, 2.45) is 10.7 Å². The van der Waals surface area contributed by atoms with Gasteiger partial charge in [-0.1, -0.05) is 12.2 Å². The predicted octanol–water partition coefficient (Wildman–Crippen LogP) is 4.48. The largest absolute Gasteiger partial charge is 0.390 e. The Hall–Kier alpha value is -3.30. The number of aryl methyl sites for hydroxylation is 1. The third-order valence-electron chi connectivity index (χ3n) is 3.79. The summed E-state index contributed by atoms with van der Waals surface area (Å²) in [6, 6.07) is 6.00. The summed E-state index contributed by atoms with van der Waals surface area (Å²) in [7, 11) is 0. The Balaban J connectivity index is 2.25. The molecule has 25 heavy (non-hydrogen) atoms. The van der Waals surface area contributed by atoms with E-state index in [2.05, 4.69) is 15.7 Å². The van der Waals surface area contributed by atoms with Crippen LogP contribution in [0.15, 0.2) is 65.5 Å². The molecule has 3 nitrogen and oxygen atoms in total. The smallest absolute Gasteiger partial charge is 0.159 e. The number of nitrogens with two attached hydrogens (primary N) is 1. The van der Waals surface area contributed by atoms with Gasteiger partial charge in [0.1, 0.15) is 0 Å². The molecule has 0 aliphatic heterocycles. The van der Waals surface area contributed by atoms with Gasteiger partial charge in [0, 0.05) is 6.20 Å². The summed E-state index contributed by atoms with van der Waals surface area (Å²) in [5.74, 6) is -1.29. The molecule has 1 aromatic heterocycles. The number of aliphatic imine (C=N–C) groups is 1. The number of benzene rings is 1. The lowest BCUT2D eigenvalue weighted by atomic mass is 9.92. The summed E-state index contributed by atoms with van der Waals surface area (Å²) < 4.78 is 27.3. The van der Waals surface area contributed by atoms with E-state index in [9.17, 15) is 8.78 Å². The van der Waals surface area contributed by atoms with E-state index in [1.807, 2.05) is 18.2 Å². The molecule has 3 rings (SSSR count). The fourth-order valence-corrected chi connectivity index (χ4v) is 2.64. The topological polar surface area (TPSA) is 51.3 Å². The molecule has 5 heteroatoms. The van der Waals surface area contributed by atoms with Crippen LogP contribution in [0.1, 0.15) is 16.7 Å². The van der Waals surface area contributed by atoms with Crippen molar-refractivity contribution in [3.63, 3.8) is 0 Å². The molecule has 2 N–H and O–H groups in total. The van der Waals surface area contributed by atoms with E-state index in [0.29, 0.717) is 16.9 Å². The summed E-state index contributed by atoms with van der Waals surface area (Å²) in [5, 5.41) is 0. The normalized spacial score (nSPS) is 13.7.